The second kappa shape index (κ2) is 19.4. The lowest BCUT2D eigenvalue weighted by Crippen LogP contribution is -2.61. The van der Waals surface area contributed by atoms with Crippen LogP contribution in [0.4, 0.5) is 0 Å². The zero-order valence-electron chi connectivity index (χ0n) is 33.4. The van der Waals surface area contributed by atoms with E-state index in [2.05, 4.69) is 51.9 Å². The molecule has 6 rings (SSSR count). The molecule has 6 unspecified atom stereocenters. The summed E-state index contributed by atoms with van der Waals surface area (Å²) in [4.78, 5) is 39.4. The zero-order valence-corrected chi connectivity index (χ0v) is 33.4. The normalized spacial score (nSPS) is 24.2. The number of benzene rings is 3. The van der Waals surface area contributed by atoms with Crippen molar-refractivity contribution in [2.45, 2.75) is 147 Å². The first kappa shape index (κ1) is 41.5. The minimum atomic E-state index is -0.804. The van der Waals surface area contributed by atoms with Crippen LogP contribution >= 0.6 is 0 Å². The van der Waals surface area contributed by atoms with Crippen molar-refractivity contribution in [3.8, 4) is 11.1 Å². The second-order valence-electron chi connectivity index (χ2n) is 17.0. The Morgan fingerprint density at radius 3 is 2.27 bits per heavy atom. The maximum atomic E-state index is 13.8. The summed E-state index contributed by atoms with van der Waals surface area (Å²) < 4.78 is 13.6. The summed E-state index contributed by atoms with van der Waals surface area (Å²) in [6, 6.07) is 24.5. The minimum absolute atomic E-state index is 0.0167. The second-order valence-corrected chi connectivity index (χ2v) is 17.0. The molecule has 10 nitrogen and oxygen atoms in total. The number of hydrogen-bond acceptors (Lipinski definition) is 7. The molecule has 1 saturated carbocycles. The smallest absolute Gasteiger partial charge is 0.303 e. The summed E-state index contributed by atoms with van der Waals surface area (Å²) in [5.74, 6) is -0.134. The van der Waals surface area contributed by atoms with E-state index in [0.717, 1.165) is 59.1 Å². The van der Waals surface area contributed by atoms with Crippen molar-refractivity contribution < 1.29 is 34.1 Å². The molecule has 1 aliphatic carbocycles. The van der Waals surface area contributed by atoms with Gasteiger partial charge in [-0.3, -0.25) is 19.3 Å². The highest BCUT2D eigenvalue weighted by Gasteiger charge is 2.44. The van der Waals surface area contributed by atoms with Gasteiger partial charge in [0.25, 0.3) is 0 Å². The van der Waals surface area contributed by atoms with E-state index in [1.165, 1.54) is 19.3 Å². The fraction of sp³-hybridized carbons (Fsp3) is 0.543. The average Bonchev–Trinajstić information content (AvgIpc) is 3.19. The number of hydrogen-bond donors (Lipinski definition) is 4. The van der Waals surface area contributed by atoms with Gasteiger partial charge in [0.05, 0.1) is 24.9 Å². The van der Waals surface area contributed by atoms with Gasteiger partial charge in [0.2, 0.25) is 11.8 Å². The summed E-state index contributed by atoms with van der Waals surface area (Å²) in [6.07, 6.45) is 8.85. The molecule has 2 amide bonds. The molecule has 302 valence electrons. The van der Waals surface area contributed by atoms with Gasteiger partial charge in [-0.1, -0.05) is 86.0 Å². The van der Waals surface area contributed by atoms with E-state index in [9.17, 15) is 19.5 Å². The number of unbranched alkanes of at least 4 members (excludes halogenated alkanes) is 2. The number of aliphatic carboxylic acids is 1. The monoisotopic (exact) mass is 767 g/mol. The molecule has 3 fully saturated rings. The molecule has 0 spiro atoms. The van der Waals surface area contributed by atoms with Gasteiger partial charge >= 0.3 is 5.97 Å². The van der Waals surface area contributed by atoms with E-state index in [1.807, 2.05) is 57.2 Å². The fourth-order valence-electron chi connectivity index (χ4n) is 8.72. The van der Waals surface area contributed by atoms with E-state index < -0.39 is 12.3 Å². The third-order valence-electron chi connectivity index (χ3n) is 11.6. The van der Waals surface area contributed by atoms with Gasteiger partial charge in [0.1, 0.15) is 0 Å². The summed E-state index contributed by atoms with van der Waals surface area (Å²) in [6.45, 7) is 7.18. The molecule has 0 bridgehead atoms. The van der Waals surface area contributed by atoms with Crippen LogP contribution in [0.15, 0.2) is 72.8 Å². The van der Waals surface area contributed by atoms with Gasteiger partial charge in [-0.05, 0) is 99.1 Å². The Hall–Kier alpha value is -4.09. The van der Waals surface area contributed by atoms with Crippen molar-refractivity contribution in [2.24, 2.45) is 5.92 Å². The highest BCUT2D eigenvalue weighted by atomic mass is 16.7. The van der Waals surface area contributed by atoms with Crippen LogP contribution in [0.5, 0.6) is 0 Å². The molecule has 0 radical (unpaired) electrons. The summed E-state index contributed by atoms with van der Waals surface area (Å²) >= 11 is 0. The molecule has 0 aromatic heterocycles. The molecule has 2 heterocycles. The van der Waals surface area contributed by atoms with Crippen molar-refractivity contribution in [2.75, 3.05) is 6.54 Å². The van der Waals surface area contributed by atoms with E-state index in [4.69, 9.17) is 14.6 Å². The Morgan fingerprint density at radius 2 is 1.54 bits per heavy atom. The largest absolute Gasteiger partial charge is 0.481 e. The number of amides is 2. The maximum absolute atomic E-state index is 13.8. The fourth-order valence-corrected chi connectivity index (χ4v) is 8.72. The lowest BCUT2D eigenvalue weighted by atomic mass is 9.75. The number of aliphatic hydroxyl groups excluding tert-OH is 1. The van der Waals surface area contributed by atoms with E-state index >= 15 is 0 Å². The van der Waals surface area contributed by atoms with Gasteiger partial charge in [0, 0.05) is 49.5 Å². The number of aliphatic hydroxyl groups is 1. The Morgan fingerprint density at radius 1 is 0.804 bits per heavy atom. The van der Waals surface area contributed by atoms with Crippen LogP contribution in [0.3, 0.4) is 0 Å². The number of likely N-dealkylation sites (tertiary alicyclic amines) is 1. The molecule has 10 heteroatoms. The molecule has 3 aromatic carbocycles. The average molecular weight is 768 g/mol. The SMILES string of the molecule is CC(C)(C)NC(=O)C1CCC2CCCCC2N1CC1CC(c2ccc(CO)cc2)OC(c2ccc(-c3cccc(CNC(=O)CCCCCC(=O)O)c3)cc2)O1. The third kappa shape index (κ3) is 11.5. The van der Waals surface area contributed by atoms with Crippen LogP contribution in [0.1, 0.15) is 132 Å². The molecular weight excluding hydrogens is 707 g/mol. The number of carbonyl (C=O) groups excluding carboxylic acids is 2. The first-order chi connectivity index (χ1) is 27.0. The van der Waals surface area contributed by atoms with Crippen LogP contribution in [-0.2, 0) is 37.0 Å². The number of carboxylic acid groups (broad SMARTS) is 1. The number of carbonyl (C=O) groups is 3. The highest BCUT2D eigenvalue weighted by molar-refractivity contribution is 5.82. The molecule has 3 aromatic rings. The number of rotatable bonds is 15. The number of nitrogens with one attached hydrogen (secondary N) is 2. The lowest BCUT2D eigenvalue weighted by Gasteiger charge is -2.50. The van der Waals surface area contributed by atoms with Crippen molar-refractivity contribution in [3.63, 3.8) is 0 Å². The van der Waals surface area contributed by atoms with E-state index in [-0.39, 0.29) is 48.6 Å². The quantitative estimate of drug-likeness (QED) is 0.114. The van der Waals surface area contributed by atoms with Crippen molar-refractivity contribution >= 4 is 17.8 Å². The van der Waals surface area contributed by atoms with E-state index in [1.54, 1.807) is 0 Å². The lowest BCUT2D eigenvalue weighted by molar-refractivity contribution is -0.255. The summed E-state index contributed by atoms with van der Waals surface area (Å²) in [5.41, 5.74) is 5.56. The number of ether oxygens (including phenoxy) is 2. The predicted molar refractivity (Wildman–Crippen MR) is 216 cm³/mol. The molecule has 56 heavy (non-hydrogen) atoms. The Kier molecular flexibility index (Phi) is 14.4. The number of carboxylic acids is 1. The molecule has 4 N–H and O–H groups in total. The first-order valence-electron chi connectivity index (χ1n) is 20.7. The van der Waals surface area contributed by atoms with Crippen molar-refractivity contribution in [3.05, 3.63) is 95.1 Å². The molecular formula is C46H61N3O7. The van der Waals surface area contributed by atoms with E-state index in [0.29, 0.717) is 50.7 Å². The van der Waals surface area contributed by atoms with Crippen LogP contribution in [-0.4, -0.2) is 63.2 Å². The van der Waals surface area contributed by atoms with Crippen LogP contribution in [0.2, 0.25) is 0 Å². The predicted octanol–water partition coefficient (Wildman–Crippen LogP) is 7.98. The molecule has 3 aliphatic rings. The molecule has 6 atom stereocenters. The Balaban J connectivity index is 1.16. The van der Waals surface area contributed by atoms with Crippen molar-refractivity contribution in [1.82, 2.24) is 15.5 Å². The number of fused-ring (bicyclic) bond motifs is 1. The number of piperidine rings is 1. The van der Waals surface area contributed by atoms with Crippen LogP contribution in [0.25, 0.3) is 11.1 Å². The molecule has 2 aliphatic heterocycles. The van der Waals surface area contributed by atoms with Crippen LogP contribution in [0, 0.1) is 5.92 Å². The standard InChI is InChI=1S/C46H61N3O7/c1-46(2,3)48-44(54)40-25-24-34-11-7-8-13-39(34)49(40)29-38-27-41(35-18-16-31(30-50)17-19-35)56-45(55-38)36-22-20-33(21-23-36)37-12-9-10-32(26-37)28-47-42(51)14-5-4-6-15-43(52)53/h9-10,12,16-23,26,34,38-41,45,50H,4-8,11,13-15,24-25,27-30H2,1-3H3,(H,47,51)(H,48,54)(H,52,53). The van der Waals surface area contributed by atoms with Gasteiger partial charge in [-0.25, -0.2) is 0 Å². The number of nitrogens with zero attached hydrogens (tertiary/aromatic N) is 1. The minimum Gasteiger partial charge on any atom is -0.481 e. The van der Waals surface area contributed by atoms with Crippen molar-refractivity contribution in [1.29, 1.82) is 0 Å². The van der Waals surface area contributed by atoms with Gasteiger partial charge in [-0.15, -0.1) is 0 Å². The first-order valence-corrected chi connectivity index (χ1v) is 20.7. The third-order valence-corrected chi connectivity index (χ3v) is 11.6. The zero-order chi connectivity index (χ0) is 39.7. The van der Waals surface area contributed by atoms with Gasteiger partial charge in [0.15, 0.2) is 6.29 Å². The van der Waals surface area contributed by atoms with Crippen LogP contribution < -0.4 is 10.6 Å². The van der Waals surface area contributed by atoms with Gasteiger partial charge in [-0.2, -0.15) is 0 Å². The summed E-state index contributed by atoms with van der Waals surface area (Å²) in [5, 5.41) is 24.8. The van der Waals surface area contributed by atoms with Gasteiger partial charge < -0.3 is 30.3 Å². The summed E-state index contributed by atoms with van der Waals surface area (Å²) in [7, 11) is 0. The Bertz CT molecular complexity index is 1760. The Labute approximate surface area is 332 Å². The maximum Gasteiger partial charge on any atom is 0.303 e. The topological polar surface area (TPSA) is 137 Å². The molecule has 2 saturated heterocycles. The highest BCUT2D eigenvalue weighted by Crippen LogP contribution is 2.42.